The molecule has 1 heterocycles. The van der Waals surface area contributed by atoms with E-state index in [4.69, 9.17) is 9.84 Å². The Balaban J connectivity index is 2.48. The van der Waals surface area contributed by atoms with Gasteiger partial charge in [-0.3, -0.25) is 0 Å². The predicted molar refractivity (Wildman–Crippen MR) is 61.5 cm³/mol. The molecular weight excluding hydrogens is 261 g/mol. The van der Waals surface area contributed by atoms with Gasteiger partial charge in [0, 0.05) is 5.56 Å². The van der Waals surface area contributed by atoms with Crippen LogP contribution in [0.25, 0.3) is 11.4 Å². The number of aliphatic hydroxyl groups is 1. The second-order valence-corrected chi connectivity index (χ2v) is 3.83. The molecule has 1 aromatic heterocycles. The summed E-state index contributed by atoms with van der Waals surface area (Å²) in [5.41, 5.74) is -0.165. The van der Waals surface area contributed by atoms with Crippen LogP contribution in [-0.2, 0) is 12.8 Å². The first kappa shape index (κ1) is 13.4. The summed E-state index contributed by atoms with van der Waals surface area (Å²) in [6.45, 7) is -0.255. The van der Waals surface area contributed by atoms with Crippen molar-refractivity contribution in [2.75, 3.05) is 7.11 Å². The minimum Gasteiger partial charge on any atom is -0.496 e. The molecule has 0 aliphatic rings. The largest absolute Gasteiger partial charge is 0.496 e. The molecule has 0 radical (unpaired) electrons. The number of benzene rings is 1. The lowest BCUT2D eigenvalue weighted by atomic mass is 10.1. The van der Waals surface area contributed by atoms with E-state index in [2.05, 4.69) is 9.97 Å². The van der Waals surface area contributed by atoms with Gasteiger partial charge in [0.2, 0.25) is 0 Å². The summed E-state index contributed by atoms with van der Waals surface area (Å²) in [5.74, 6) is 0.0161. The van der Waals surface area contributed by atoms with E-state index in [-0.39, 0.29) is 23.7 Å². The van der Waals surface area contributed by atoms with E-state index in [0.29, 0.717) is 5.69 Å². The summed E-state index contributed by atoms with van der Waals surface area (Å²) in [5, 5.41) is 8.89. The van der Waals surface area contributed by atoms with E-state index in [1.807, 2.05) is 0 Å². The van der Waals surface area contributed by atoms with E-state index in [0.717, 1.165) is 6.07 Å². The Kier molecular flexibility index (Phi) is 3.48. The highest BCUT2D eigenvalue weighted by Crippen LogP contribution is 2.38. The number of nitrogens with one attached hydrogen (secondary N) is 1. The third-order valence-corrected chi connectivity index (χ3v) is 2.58. The maximum Gasteiger partial charge on any atom is 0.419 e. The van der Waals surface area contributed by atoms with Crippen molar-refractivity contribution in [3.63, 3.8) is 0 Å². The zero-order valence-electron chi connectivity index (χ0n) is 9.95. The minimum atomic E-state index is -4.51. The van der Waals surface area contributed by atoms with Crippen LogP contribution in [0.3, 0.4) is 0 Å². The molecule has 7 heteroatoms. The van der Waals surface area contributed by atoms with Gasteiger partial charge in [0.25, 0.3) is 0 Å². The number of hydrogen-bond acceptors (Lipinski definition) is 3. The van der Waals surface area contributed by atoms with Crippen molar-refractivity contribution in [2.24, 2.45) is 0 Å². The summed E-state index contributed by atoms with van der Waals surface area (Å²) in [4.78, 5) is 6.64. The molecule has 0 atom stereocenters. The second-order valence-electron chi connectivity index (χ2n) is 3.83. The van der Waals surface area contributed by atoms with Crippen molar-refractivity contribution in [1.82, 2.24) is 9.97 Å². The summed E-state index contributed by atoms with van der Waals surface area (Å²) in [6, 6.07) is 3.66. The van der Waals surface area contributed by atoms with Crippen LogP contribution >= 0.6 is 0 Å². The first-order valence-electron chi connectivity index (χ1n) is 5.36. The van der Waals surface area contributed by atoms with Gasteiger partial charge in [-0.15, -0.1) is 0 Å². The van der Waals surface area contributed by atoms with Crippen LogP contribution in [-0.4, -0.2) is 22.2 Å². The fourth-order valence-electron chi connectivity index (χ4n) is 1.66. The summed E-state index contributed by atoms with van der Waals surface area (Å²) < 4.78 is 43.3. The number of hydrogen-bond donors (Lipinski definition) is 2. The maximum atomic E-state index is 12.9. The number of imidazole rings is 1. The van der Waals surface area contributed by atoms with E-state index in [1.54, 1.807) is 0 Å². The third-order valence-electron chi connectivity index (χ3n) is 2.58. The van der Waals surface area contributed by atoms with Gasteiger partial charge < -0.3 is 14.8 Å². The number of nitrogens with zero attached hydrogens (tertiary/aromatic N) is 1. The predicted octanol–water partition coefficient (Wildman–Crippen LogP) is 2.60. The fraction of sp³-hybridized carbons (Fsp3) is 0.250. The molecule has 2 rings (SSSR count). The van der Waals surface area contributed by atoms with Crippen LogP contribution in [0.1, 0.15) is 11.3 Å². The number of alkyl halides is 3. The van der Waals surface area contributed by atoms with Gasteiger partial charge in [-0.05, 0) is 18.2 Å². The second kappa shape index (κ2) is 4.93. The molecule has 19 heavy (non-hydrogen) atoms. The molecule has 2 aromatic rings. The van der Waals surface area contributed by atoms with Crippen LogP contribution in [0.15, 0.2) is 24.4 Å². The number of H-pyrrole nitrogens is 1. The number of aromatic nitrogens is 2. The van der Waals surface area contributed by atoms with Crippen molar-refractivity contribution in [2.45, 2.75) is 12.8 Å². The summed E-state index contributed by atoms with van der Waals surface area (Å²) >= 11 is 0. The molecular formula is C12H11F3N2O2. The first-order valence-corrected chi connectivity index (χ1v) is 5.36. The monoisotopic (exact) mass is 272 g/mol. The molecule has 2 N–H and O–H groups in total. The number of aliphatic hydroxyl groups excluding tert-OH is 1. The lowest BCUT2D eigenvalue weighted by molar-refractivity contribution is -0.138. The van der Waals surface area contributed by atoms with Gasteiger partial charge in [0.15, 0.2) is 0 Å². The standard InChI is InChI=1S/C12H11F3N2O2/c1-19-10-3-2-7(4-9(10)12(13,14)15)11-16-5-8(6-18)17-11/h2-5,18H,6H2,1H3,(H,16,17). The van der Waals surface area contributed by atoms with Crippen LogP contribution in [0.4, 0.5) is 13.2 Å². The highest BCUT2D eigenvalue weighted by Gasteiger charge is 2.34. The Morgan fingerprint density at radius 1 is 1.37 bits per heavy atom. The van der Waals surface area contributed by atoms with Crippen LogP contribution in [0.2, 0.25) is 0 Å². The molecule has 0 bridgehead atoms. The zero-order valence-corrected chi connectivity index (χ0v) is 9.95. The van der Waals surface area contributed by atoms with Crippen molar-refractivity contribution in [3.8, 4) is 17.1 Å². The van der Waals surface area contributed by atoms with Gasteiger partial charge in [0.05, 0.1) is 31.2 Å². The quantitative estimate of drug-likeness (QED) is 0.903. The Hall–Kier alpha value is -2.02. The van der Waals surface area contributed by atoms with E-state index < -0.39 is 11.7 Å². The average molecular weight is 272 g/mol. The van der Waals surface area contributed by atoms with Gasteiger partial charge in [-0.2, -0.15) is 13.2 Å². The van der Waals surface area contributed by atoms with E-state index in [1.165, 1.54) is 25.4 Å². The van der Waals surface area contributed by atoms with Crippen molar-refractivity contribution in [3.05, 3.63) is 35.7 Å². The Bertz CT molecular complexity index is 579. The number of ether oxygens (including phenoxy) is 1. The number of aromatic amines is 1. The van der Waals surface area contributed by atoms with Crippen LogP contribution in [0, 0.1) is 0 Å². The Morgan fingerprint density at radius 2 is 2.11 bits per heavy atom. The van der Waals surface area contributed by atoms with Crippen LogP contribution < -0.4 is 4.74 Å². The molecule has 0 aliphatic carbocycles. The fourth-order valence-corrected chi connectivity index (χ4v) is 1.66. The lowest BCUT2D eigenvalue weighted by Crippen LogP contribution is -2.07. The molecule has 102 valence electrons. The normalized spacial score (nSPS) is 11.6. The summed E-state index contributed by atoms with van der Waals surface area (Å²) in [6.07, 6.45) is -3.14. The van der Waals surface area contributed by atoms with Gasteiger partial charge in [-0.25, -0.2) is 4.98 Å². The highest BCUT2D eigenvalue weighted by molar-refractivity contribution is 5.59. The molecule has 1 aromatic carbocycles. The Labute approximate surface area is 106 Å². The molecule has 0 spiro atoms. The van der Waals surface area contributed by atoms with Crippen molar-refractivity contribution >= 4 is 0 Å². The smallest absolute Gasteiger partial charge is 0.419 e. The zero-order chi connectivity index (χ0) is 14.0. The van der Waals surface area contributed by atoms with E-state index in [9.17, 15) is 13.2 Å². The average Bonchev–Trinajstić information content (AvgIpc) is 2.85. The molecule has 0 saturated carbocycles. The van der Waals surface area contributed by atoms with E-state index >= 15 is 0 Å². The van der Waals surface area contributed by atoms with Gasteiger partial charge in [0.1, 0.15) is 11.6 Å². The maximum absolute atomic E-state index is 12.9. The number of halogens is 3. The number of rotatable bonds is 3. The minimum absolute atomic E-state index is 0.245. The van der Waals surface area contributed by atoms with Gasteiger partial charge in [-0.1, -0.05) is 0 Å². The lowest BCUT2D eigenvalue weighted by Gasteiger charge is -2.12. The SMILES string of the molecule is COc1ccc(-c2ncc(CO)[nH]2)cc1C(F)(F)F. The molecule has 0 amide bonds. The van der Waals surface area contributed by atoms with Crippen molar-refractivity contribution < 1.29 is 23.0 Å². The van der Waals surface area contributed by atoms with Crippen LogP contribution in [0.5, 0.6) is 5.75 Å². The first-order chi connectivity index (χ1) is 8.95. The van der Waals surface area contributed by atoms with Crippen molar-refractivity contribution in [1.29, 1.82) is 0 Å². The molecule has 4 nitrogen and oxygen atoms in total. The molecule has 0 unspecified atom stereocenters. The van der Waals surface area contributed by atoms with Gasteiger partial charge >= 0.3 is 6.18 Å². The third kappa shape index (κ3) is 2.70. The highest BCUT2D eigenvalue weighted by atomic mass is 19.4. The number of methoxy groups -OCH3 is 1. The molecule has 0 saturated heterocycles. The Morgan fingerprint density at radius 3 is 2.63 bits per heavy atom. The summed E-state index contributed by atoms with van der Waals surface area (Å²) in [7, 11) is 1.18. The molecule has 0 fully saturated rings. The topological polar surface area (TPSA) is 58.1 Å². The molecule has 0 aliphatic heterocycles.